The van der Waals surface area contributed by atoms with E-state index in [1.807, 2.05) is 19.1 Å². The first kappa shape index (κ1) is 13.5. The molecule has 0 N–H and O–H groups in total. The highest BCUT2D eigenvalue weighted by Crippen LogP contribution is 2.23. The van der Waals surface area contributed by atoms with Crippen LogP contribution >= 0.6 is 11.6 Å². The lowest BCUT2D eigenvalue weighted by molar-refractivity contribution is 0.339. The van der Waals surface area contributed by atoms with Gasteiger partial charge in [0.2, 0.25) is 0 Å². The Morgan fingerprint density at radius 1 is 1.19 bits per heavy atom. The van der Waals surface area contributed by atoms with Crippen LogP contribution in [0, 0.1) is 20.8 Å². The van der Waals surface area contributed by atoms with Crippen molar-refractivity contribution in [3.63, 3.8) is 0 Å². The monoisotopic (exact) mass is 262 g/mol. The Kier molecular flexibility index (Phi) is 4.35. The van der Waals surface area contributed by atoms with Crippen LogP contribution < -0.4 is 0 Å². The van der Waals surface area contributed by atoms with Gasteiger partial charge in [0.15, 0.2) is 0 Å². The SMILES string of the molecule is Cc1cc(C)c(S(=O)(=O)OCCCl)c(C)c1. The molecule has 3 nitrogen and oxygen atoms in total. The van der Waals surface area contributed by atoms with Crippen LogP contribution in [-0.4, -0.2) is 20.9 Å². The van der Waals surface area contributed by atoms with Crippen LogP contribution in [0.5, 0.6) is 0 Å². The smallest absolute Gasteiger partial charge is 0.265 e. The summed E-state index contributed by atoms with van der Waals surface area (Å²) in [6.45, 7) is 5.44. The molecule has 1 rings (SSSR count). The van der Waals surface area contributed by atoms with Crippen molar-refractivity contribution in [3.05, 3.63) is 28.8 Å². The first-order valence-electron chi connectivity index (χ1n) is 4.91. The van der Waals surface area contributed by atoms with E-state index in [-0.39, 0.29) is 17.4 Å². The molecule has 0 radical (unpaired) electrons. The summed E-state index contributed by atoms with van der Waals surface area (Å²) >= 11 is 5.41. The van der Waals surface area contributed by atoms with Crippen molar-refractivity contribution in [1.29, 1.82) is 0 Å². The van der Waals surface area contributed by atoms with E-state index in [1.54, 1.807) is 13.8 Å². The van der Waals surface area contributed by atoms with Gasteiger partial charge < -0.3 is 0 Å². The molecular formula is C11H15ClO3S. The number of halogens is 1. The Labute approximate surface area is 102 Å². The lowest BCUT2D eigenvalue weighted by atomic mass is 10.1. The summed E-state index contributed by atoms with van der Waals surface area (Å²) in [6.07, 6.45) is 0. The first-order valence-corrected chi connectivity index (χ1v) is 6.86. The van der Waals surface area contributed by atoms with Gasteiger partial charge in [0.1, 0.15) is 0 Å². The van der Waals surface area contributed by atoms with Crippen molar-refractivity contribution in [2.75, 3.05) is 12.5 Å². The highest BCUT2D eigenvalue weighted by molar-refractivity contribution is 7.86. The molecule has 90 valence electrons. The average Bonchev–Trinajstić information content (AvgIpc) is 2.12. The van der Waals surface area contributed by atoms with Crippen LogP contribution in [0.2, 0.25) is 0 Å². The third-order valence-electron chi connectivity index (χ3n) is 2.17. The molecule has 1 aromatic rings. The predicted octanol–water partition coefficient (Wildman–Crippen LogP) is 2.56. The summed E-state index contributed by atoms with van der Waals surface area (Å²) in [5, 5.41) is 0. The Morgan fingerprint density at radius 3 is 2.12 bits per heavy atom. The van der Waals surface area contributed by atoms with Gasteiger partial charge in [0, 0.05) is 5.88 Å². The number of aryl methyl sites for hydroxylation is 3. The molecule has 0 aliphatic carbocycles. The van der Waals surface area contributed by atoms with Gasteiger partial charge in [-0.25, -0.2) is 0 Å². The van der Waals surface area contributed by atoms with Gasteiger partial charge in [-0.1, -0.05) is 17.7 Å². The van der Waals surface area contributed by atoms with Gasteiger partial charge in [-0.3, -0.25) is 4.18 Å². The second kappa shape index (κ2) is 5.17. The molecule has 16 heavy (non-hydrogen) atoms. The van der Waals surface area contributed by atoms with E-state index in [2.05, 4.69) is 0 Å². The molecule has 0 fully saturated rings. The Morgan fingerprint density at radius 2 is 1.69 bits per heavy atom. The zero-order valence-electron chi connectivity index (χ0n) is 9.58. The molecule has 0 bridgehead atoms. The van der Waals surface area contributed by atoms with Crippen molar-refractivity contribution < 1.29 is 12.6 Å². The highest BCUT2D eigenvalue weighted by atomic mass is 35.5. The summed E-state index contributed by atoms with van der Waals surface area (Å²) < 4.78 is 28.5. The molecule has 0 aliphatic rings. The summed E-state index contributed by atoms with van der Waals surface area (Å²) in [7, 11) is -3.68. The van der Waals surface area contributed by atoms with Crippen molar-refractivity contribution in [3.8, 4) is 0 Å². The van der Waals surface area contributed by atoms with Crippen LogP contribution in [0.25, 0.3) is 0 Å². The van der Waals surface area contributed by atoms with Crippen LogP contribution in [0.4, 0.5) is 0 Å². The van der Waals surface area contributed by atoms with Crippen LogP contribution in [0.1, 0.15) is 16.7 Å². The van der Waals surface area contributed by atoms with Gasteiger partial charge >= 0.3 is 0 Å². The van der Waals surface area contributed by atoms with E-state index in [0.29, 0.717) is 11.1 Å². The second-order valence-corrected chi connectivity index (χ2v) is 5.62. The maximum atomic E-state index is 11.9. The lowest BCUT2D eigenvalue weighted by Crippen LogP contribution is -2.11. The summed E-state index contributed by atoms with van der Waals surface area (Å²) in [5.74, 6) is 0.156. The summed E-state index contributed by atoms with van der Waals surface area (Å²) in [5.41, 5.74) is 2.44. The Bertz CT molecular complexity index is 457. The number of alkyl halides is 1. The maximum Gasteiger partial charge on any atom is 0.297 e. The van der Waals surface area contributed by atoms with Crippen molar-refractivity contribution >= 4 is 21.7 Å². The summed E-state index contributed by atoms with van der Waals surface area (Å²) in [4.78, 5) is 0.253. The van der Waals surface area contributed by atoms with E-state index in [1.165, 1.54) is 0 Å². The van der Waals surface area contributed by atoms with Crippen molar-refractivity contribution in [2.45, 2.75) is 25.7 Å². The number of hydrogen-bond acceptors (Lipinski definition) is 3. The first-order chi connectivity index (χ1) is 7.38. The van der Waals surface area contributed by atoms with Gasteiger partial charge in [-0.05, 0) is 31.9 Å². The Hall–Kier alpha value is -0.580. The number of hydrogen-bond donors (Lipinski definition) is 0. The molecule has 0 spiro atoms. The largest absolute Gasteiger partial charge is 0.297 e. The lowest BCUT2D eigenvalue weighted by Gasteiger charge is -2.11. The Balaban J connectivity index is 3.23. The third-order valence-corrected chi connectivity index (χ3v) is 3.95. The van der Waals surface area contributed by atoms with E-state index >= 15 is 0 Å². The van der Waals surface area contributed by atoms with E-state index in [4.69, 9.17) is 15.8 Å². The third kappa shape index (κ3) is 2.97. The quantitative estimate of drug-likeness (QED) is 0.619. The minimum absolute atomic E-state index is 0.00333. The van der Waals surface area contributed by atoms with Crippen molar-refractivity contribution in [2.24, 2.45) is 0 Å². The minimum atomic E-state index is -3.68. The molecule has 1 aromatic carbocycles. The molecule has 0 unspecified atom stereocenters. The molecule has 0 aromatic heterocycles. The maximum absolute atomic E-state index is 11.9. The molecule has 5 heteroatoms. The molecular weight excluding hydrogens is 248 g/mol. The molecule has 0 atom stereocenters. The van der Waals surface area contributed by atoms with Crippen molar-refractivity contribution in [1.82, 2.24) is 0 Å². The van der Waals surface area contributed by atoms with E-state index in [0.717, 1.165) is 5.56 Å². The van der Waals surface area contributed by atoms with Crippen LogP contribution in [-0.2, 0) is 14.3 Å². The number of benzene rings is 1. The fraction of sp³-hybridized carbons (Fsp3) is 0.455. The van der Waals surface area contributed by atoms with E-state index in [9.17, 15) is 8.42 Å². The zero-order chi connectivity index (χ0) is 12.3. The molecule has 0 saturated heterocycles. The standard InChI is InChI=1S/C11H15ClO3S/c1-8-6-9(2)11(10(3)7-8)16(13,14)15-5-4-12/h6-7H,4-5H2,1-3H3. The van der Waals surface area contributed by atoms with E-state index < -0.39 is 10.1 Å². The van der Waals surface area contributed by atoms with Gasteiger partial charge in [-0.15, -0.1) is 11.6 Å². The minimum Gasteiger partial charge on any atom is -0.265 e. The van der Waals surface area contributed by atoms with Crippen LogP contribution in [0.15, 0.2) is 17.0 Å². The second-order valence-electron chi connectivity index (χ2n) is 3.69. The molecule has 0 saturated carbocycles. The molecule has 0 amide bonds. The normalized spacial score (nSPS) is 11.8. The summed E-state index contributed by atoms with van der Waals surface area (Å²) in [6, 6.07) is 3.65. The van der Waals surface area contributed by atoms with Gasteiger partial charge in [0.05, 0.1) is 11.5 Å². The molecule has 0 heterocycles. The zero-order valence-corrected chi connectivity index (χ0v) is 11.2. The van der Waals surface area contributed by atoms with Gasteiger partial charge in [-0.2, -0.15) is 8.42 Å². The number of rotatable bonds is 4. The van der Waals surface area contributed by atoms with Crippen LogP contribution in [0.3, 0.4) is 0 Å². The predicted molar refractivity (Wildman–Crippen MR) is 64.5 cm³/mol. The highest BCUT2D eigenvalue weighted by Gasteiger charge is 2.20. The average molecular weight is 263 g/mol. The fourth-order valence-electron chi connectivity index (χ4n) is 1.76. The molecule has 0 aliphatic heterocycles. The topological polar surface area (TPSA) is 43.4 Å². The fourth-order valence-corrected chi connectivity index (χ4v) is 3.26. The van der Waals surface area contributed by atoms with Gasteiger partial charge in [0.25, 0.3) is 10.1 Å².